The van der Waals surface area contributed by atoms with E-state index >= 15 is 0 Å². The normalized spacial score (nSPS) is 12.5. The maximum absolute atomic E-state index is 6.39. The van der Waals surface area contributed by atoms with E-state index < -0.39 is 0 Å². The van der Waals surface area contributed by atoms with Gasteiger partial charge < -0.3 is 9.47 Å². The average molecular weight is 355 g/mol. The highest BCUT2D eigenvalue weighted by atomic mass is 35.5. The molecule has 1 atom stereocenters. The largest absolute Gasteiger partial charge is 0.493 e. The van der Waals surface area contributed by atoms with E-state index in [1.807, 2.05) is 13.0 Å². The molecule has 1 unspecified atom stereocenters. The molecule has 0 amide bonds. The van der Waals surface area contributed by atoms with Crippen LogP contribution in [0.3, 0.4) is 0 Å². The number of hydrogen-bond donors (Lipinski definition) is 0. The van der Waals surface area contributed by atoms with Crippen molar-refractivity contribution >= 4 is 22.9 Å². The standard InChI is InChI=1S/C17H23ClN2O2S/c1-10(17-11(2)23-12(3)19-17)20(4)9-13-7-15(21-5)16(22-6)8-14(13)18/h7-8,10H,9H2,1-6H3. The predicted molar refractivity (Wildman–Crippen MR) is 96.0 cm³/mol. The topological polar surface area (TPSA) is 34.6 Å². The van der Waals surface area contributed by atoms with Gasteiger partial charge in [-0.05, 0) is 39.4 Å². The van der Waals surface area contributed by atoms with Gasteiger partial charge in [0, 0.05) is 22.5 Å². The number of nitrogens with zero attached hydrogens (tertiary/aromatic N) is 2. The molecular weight excluding hydrogens is 332 g/mol. The second kappa shape index (κ2) is 7.51. The molecule has 1 aromatic heterocycles. The number of aromatic nitrogens is 1. The zero-order chi connectivity index (χ0) is 17.1. The highest BCUT2D eigenvalue weighted by Gasteiger charge is 2.19. The SMILES string of the molecule is COc1cc(Cl)c(CN(C)C(C)c2nc(C)sc2C)cc1OC. The monoisotopic (exact) mass is 354 g/mol. The van der Waals surface area contributed by atoms with Gasteiger partial charge >= 0.3 is 0 Å². The maximum Gasteiger partial charge on any atom is 0.162 e. The lowest BCUT2D eigenvalue weighted by Crippen LogP contribution is -2.23. The van der Waals surface area contributed by atoms with Gasteiger partial charge in [0.15, 0.2) is 11.5 Å². The molecule has 1 heterocycles. The van der Waals surface area contributed by atoms with Crippen LogP contribution in [0, 0.1) is 13.8 Å². The number of methoxy groups -OCH3 is 2. The van der Waals surface area contributed by atoms with E-state index in [2.05, 4.69) is 30.8 Å². The van der Waals surface area contributed by atoms with E-state index in [4.69, 9.17) is 21.1 Å². The van der Waals surface area contributed by atoms with E-state index in [1.165, 1.54) is 4.88 Å². The molecule has 0 aliphatic carbocycles. The molecule has 0 fully saturated rings. The van der Waals surface area contributed by atoms with Crippen LogP contribution in [0.25, 0.3) is 0 Å². The number of benzene rings is 1. The van der Waals surface area contributed by atoms with Gasteiger partial charge in [0.1, 0.15) is 0 Å². The van der Waals surface area contributed by atoms with Gasteiger partial charge in [0.25, 0.3) is 0 Å². The summed E-state index contributed by atoms with van der Waals surface area (Å²) in [6.45, 7) is 7.03. The molecule has 0 N–H and O–H groups in total. The highest BCUT2D eigenvalue weighted by Crippen LogP contribution is 2.35. The Bertz CT molecular complexity index is 687. The minimum absolute atomic E-state index is 0.212. The van der Waals surface area contributed by atoms with Crippen LogP contribution < -0.4 is 9.47 Å². The third-order valence-electron chi connectivity index (χ3n) is 3.97. The number of thiazole rings is 1. The van der Waals surface area contributed by atoms with E-state index in [-0.39, 0.29) is 6.04 Å². The molecule has 0 saturated heterocycles. The molecule has 0 aliphatic rings. The van der Waals surface area contributed by atoms with Gasteiger partial charge in [-0.25, -0.2) is 4.98 Å². The predicted octanol–water partition coefficient (Wildman–Crippen LogP) is 4.62. The number of rotatable bonds is 6. The molecule has 2 aromatic rings. The Balaban J connectivity index is 2.22. The summed E-state index contributed by atoms with van der Waals surface area (Å²) < 4.78 is 10.6. The summed E-state index contributed by atoms with van der Waals surface area (Å²) >= 11 is 8.13. The Labute approximate surface area is 147 Å². The van der Waals surface area contributed by atoms with E-state index in [0.29, 0.717) is 23.1 Å². The summed E-state index contributed by atoms with van der Waals surface area (Å²) in [5, 5.41) is 1.77. The van der Waals surface area contributed by atoms with Crippen molar-refractivity contribution in [3.8, 4) is 11.5 Å². The molecule has 0 radical (unpaired) electrons. The minimum atomic E-state index is 0.212. The molecule has 2 rings (SSSR count). The molecule has 0 saturated carbocycles. The second-order valence-corrected chi connectivity index (χ2v) is 7.38. The Morgan fingerprint density at radius 2 is 1.83 bits per heavy atom. The molecule has 126 valence electrons. The number of aryl methyl sites for hydroxylation is 2. The fraction of sp³-hybridized carbons (Fsp3) is 0.471. The first-order valence-corrected chi connectivity index (χ1v) is 8.61. The van der Waals surface area contributed by atoms with E-state index in [1.54, 1.807) is 31.6 Å². The molecule has 0 bridgehead atoms. The lowest BCUT2D eigenvalue weighted by molar-refractivity contribution is 0.248. The van der Waals surface area contributed by atoms with Crippen LogP contribution in [-0.4, -0.2) is 31.2 Å². The molecule has 4 nitrogen and oxygen atoms in total. The van der Waals surface area contributed by atoms with Crippen molar-refractivity contribution in [2.24, 2.45) is 0 Å². The van der Waals surface area contributed by atoms with Crippen LogP contribution in [0.1, 0.15) is 34.1 Å². The average Bonchev–Trinajstić information content (AvgIpc) is 2.86. The van der Waals surface area contributed by atoms with Crippen LogP contribution in [0.4, 0.5) is 0 Å². The fourth-order valence-corrected chi connectivity index (χ4v) is 3.69. The zero-order valence-corrected chi connectivity index (χ0v) is 16.0. The van der Waals surface area contributed by atoms with Gasteiger partial charge in [-0.3, -0.25) is 4.90 Å². The summed E-state index contributed by atoms with van der Waals surface area (Å²) in [7, 11) is 5.31. The number of ether oxygens (including phenoxy) is 2. The van der Waals surface area contributed by atoms with Crippen LogP contribution in [0.2, 0.25) is 5.02 Å². The maximum atomic E-state index is 6.39. The third-order valence-corrected chi connectivity index (χ3v) is 5.22. The van der Waals surface area contributed by atoms with Crippen molar-refractivity contribution < 1.29 is 9.47 Å². The van der Waals surface area contributed by atoms with Gasteiger partial charge in [0.05, 0.1) is 31.0 Å². The van der Waals surface area contributed by atoms with E-state index in [9.17, 15) is 0 Å². The summed E-state index contributed by atoms with van der Waals surface area (Å²) in [4.78, 5) is 8.15. The van der Waals surface area contributed by atoms with Crippen LogP contribution in [-0.2, 0) is 6.54 Å². The summed E-state index contributed by atoms with van der Waals surface area (Å²) in [6.07, 6.45) is 0. The molecule has 0 spiro atoms. The van der Waals surface area contributed by atoms with Gasteiger partial charge in [-0.1, -0.05) is 11.6 Å². The quantitative estimate of drug-likeness (QED) is 0.757. The van der Waals surface area contributed by atoms with Gasteiger partial charge in [-0.2, -0.15) is 0 Å². The van der Waals surface area contributed by atoms with Crippen LogP contribution >= 0.6 is 22.9 Å². The van der Waals surface area contributed by atoms with Crippen LogP contribution in [0.15, 0.2) is 12.1 Å². The van der Waals surface area contributed by atoms with Crippen molar-refractivity contribution in [2.75, 3.05) is 21.3 Å². The summed E-state index contributed by atoms with van der Waals surface area (Å²) in [5.74, 6) is 1.33. The lowest BCUT2D eigenvalue weighted by atomic mass is 10.1. The van der Waals surface area contributed by atoms with Crippen molar-refractivity contribution in [1.82, 2.24) is 9.88 Å². The Hall–Kier alpha value is -1.30. The Morgan fingerprint density at radius 3 is 2.35 bits per heavy atom. The molecule has 23 heavy (non-hydrogen) atoms. The van der Waals surface area contributed by atoms with Crippen molar-refractivity contribution in [3.05, 3.63) is 38.3 Å². The first-order valence-electron chi connectivity index (χ1n) is 7.42. The van der Waals surface area contributed by atoms with E-state index in [0.717, 1.165) is 16.3 Å². The van der Waals surface area contributed by atoms with Gasteiger partial charge in [0.2, 0.25) is 0 Å². The second-order valence-electron chi connectivity index (χ2n) is 5.56. The third kappa shape index (κ3) is 3.97. The van der Waals surface area contributed by atoms with Crippen molar-refractivity contribution in [3.63, 3.8) is 0 Å². The molecule has 0 aliphatic heterocycles. The first kappa shape index (κ1) is 18.0. The summed E-state index contributed by atoms with van der Waals surface area (Å²) in [6, 6.07) is 3.94. The minimum Gasteiger partial charge on any atom is -0.493 e. The smallest absolute Gasteiger partial charge is 0.162 e. The van der Waals surface area contributed by atoms with Crippen molar-refractivity contribution in [1.29, 1.82) is 0 Å². The van der Waals surface area contributed by atoms with Crippen LogP contribution in [0.5, 0.6) is 11.5 Å². The Morgan fingerprint density at radius 1 is 1.22 bits per heavy atom. The summed E-state index contributed by atoms with van der Waals surface area (Å²) in [5.41, 5.74) is 2.13. The fourth-order valence-electron chi connectivity index (χ4n) is 2.56. The molecular formula is C17H23ClN2O2S. The first-order chi connectivity index (χ1) is 10.9. The highest BCUT2D eigenvalue weighted by molar-refractivity contribution is 7.11. The zero-order valence-electron chi connectivity index (χ0n) is 14.4. The Kier molecular flexibility index (Phi) is 5.89. The number of halogens is 1. The molecule has 6 heteroatoms. The number of hydrogen-bond acceptors (Lipinski definition) is 5. The molecule has 1 aromatic carbocycles. The lowest BCUT2D eigenvalue weighted by Gasteiger charge is -2.25. The van der Waals surface area contributed by atoms with Crippen molar-refractivity contribution in [2.45, 2.75) is 33.4 Å². The van der Waals surface area contributed by atoms with Gasteiger partial charge in [-0.15, -0.1) is 11.3 Å².